The van der Waals surface area contributed by atoms with Crippen LogP contribution in [0.5, 0.6) is 0 Å². The van der Waals surface area contributed by atoms with Gasteiger partial charge in [-0.2, -0.15) is 0 Å². The Kier molecular flexibility index (Phi) is 6.15. The predicted molar refractivity (Wildman–Crippen MR) is 106 cm³/mol. The molecule has 2 aliphatic rings. The highest BCUT2D eigenvalue weighted by atomic mass is 16.2. The van der Waals surface area contributed by atoms with Crippen molar-refractivity contribution in [3.8, 4) is 0 Å². The molecule has 1 saturated heterocycles. The van der Waals surface area contributed by atoms with E-state index in [0.29, 0.717) is 43.5 Å². The van der Waals surface area contributed by atoms with Gasteiger partial charge < -0.3 is 16.0 Å². The van der Waals surface area contributed by atoms with Crippen molar-refractivity contribution in [2.24, 2.45) is 17.6 Å². The Hall–Kier alpha value is -2.25. The van der Waals surface area contributed by atoms with E-state index < -0.39 is 6.04 Å². The maximum atomic E-state index is 12.8. The van der Waals surface area contributed by atoms with Crippen LogP contribution in [0.3, 0.4) is 0 Å². The SMILES string of the molecule is CC(C)C(C)C(N)CNCc1cccc2c1CN(C1CCC(=O)NC1=O)C2=O. The molecule has 1 aromatic rings. The van der Waals surface area contributed by atoms with Crippen LogP contribution >= 0.6 is 0 Å². The molecule has 3 unspecified atom stereocenters. The summed E-state index contributed by atoms with van der Waals surface area (Å²) in [6.07, 6.45) is 0.636. The molecule has 152 valence electrons. The average Bonchev–Trinajstić information content (AvgIpc) is 2.98. The van der Waals surface area contributed by atoms with Gasteiger partial charge in [-0.25, -0.2) is 0 Å². The zero-order chi connectivity index (χ0) is 20.4. The lowest BCUT2D eigenvalue weighted by molar-refractivity contribution is -0.136. The molecule has 3 amide bonds. The van der Waals surface area contributed by atoms with Gasteiger partial charge in [0.2, 0.25) is 11.8 Å². The first-order valence-corrected chi connectivity index (χ1v) is 10.0. The van der Waals surface area contributed by atoms with Gasteiger partial charge in [0.25, 0.3) is 5.91 Å². The summed E-state index contributed by atoms with van der Waals surface area (Å²) < 4.78 is 0. The number of hydrogen-bond acceptors (Lipinski definition) is 5. The first kappa shape index (κ1) is 20.5. The van der Waals surface area contributed by atoms with Gasteiger partial charge in [-0.15, -0.1) is 0 Å². The second-order valence-corrected chi connectivity index (χ2v) is 8.24. The van der Waals surface area contributed by atoms with Gasteiger partial charge in [0, 0.05) is 37.7 Å². The van der Waals surface area contributed by atoms with Crippen LogP contribution in [0.25, 0.3) is 0 Å². The largest absolute Gasteiger partial charge is 0.326 e. The van der Waals surface area contributed by atoms with Crippen molar-refractivity contribution in [1.29, 1.82) is 0 Å². The summed E-state index contributed by atoms with van der Waals surface area (Å²) in [5, 5.41) is 5.75. The van der Waals surface area contributed by atoms with Crippen LogP contribution in [0.2, 0.25) is 0 Å². The Labute approximate surface area is 166 Å². The highest BCUT2D eigenvalue weighted by Crippen LogP contribution is 2.29. The smallest absolute Gasteiger partial charge is 0.255 e. The molecule has 28 heavy (non-hydrogen) atoms. The molecule has 7 heteroatoms. The number of nitrogens with zero attached hydrogens (tertiary/aromatic N) is 1. The van der Waals surface area contributed by atoms with E-state index in [9.17, 15) is 14.4 Å². The molecule has 0 bridgehead atoms. The molecule has 0 radical (unpaired) electrons. The van der Waals surface area contributed by atoms with Crippen LogP contribution < -0.4 is 16.4 Å². The van der Waals surface area contributed by atoms with Gasteiger partial charge in [-0.05, 0) is 35.4 Å². The zero-order valence-electron chi connectivity index (χ0n) is 16.8. The Bertz CT molecular complexity index is 777. The van der Waals surface area contributed by atoms with Crippen LogP contribution in [-0.4, -0.2) is 41.2 Å². The molecule has 2 aliphatic heterocycles. The highest BCUT2D eigenvalue weighted by Gasteiger charge is 2.39. The second-order valence-electron chi connectivity index (χ2n) is 8.24. The third-order valence-corrected chi connectivity index (χ3v) is 6.10. The standard InChI is InChI=1S/C21H30N4O3/c1-12(2)13(3)17(22)10-23-9-14-5-4-6-15-16(14)11-25(21(15)28)18-7-8-19(26)24-20(18)27/h4-6,12-13,17-18,23H,7-11,22H2,1-3H3,(H,24,26,27). The zero-order valence-corrected chi connectivity index (χ0v) is 16.8. The lowest BCUT2D eigenvalue weighted by Crippen LogP contribution is -2.52. The van der Waals surface area contributed by atoms with Crippen molar-refractivity contribution < 1.29 is 14.4 Å². The van der Waals surface area contributed by atoms with Crippen LogP contribution in [0.4, 0.5) is 0 Å². The number of nitrogens with one attached hydrogen (secondary N) is 2. The highest BCUT2D eigenvalue weighted by molar-refractivity contribution is 6.05. The van der Waals surface area contributed by atoms with Crippen LogP contribution in [0.1, 0.15) is 55.1 Å². The van der Waals surface area contributed by atoms with E-state index >= 15 is 0 Å². The van der Waals surface area contributed by atoms with E-state index in [1.54, 1.807) is 11.0 Å². The maximum absolute atomic E-state index is 12.8. The first-order chi connectivity index (χ1) is 13.3. The van der Waals surface area contributed by atoms with Gasteiger partial charge >= 0.3 is 0 Å². The number of amides is 3. The molecular weight excluding hydrogens is 356 g/mol. The van der Waals surface area contributed by atoms with Crippen molar-refractivity contribution >= 4 is 17.7 Å². The molecule has 7 nitrogen and oxygen atoms in total. The molecule has 1 aromatic carbocycles. The maximum Gasteiger partial charge on any atom is 0.255 e. The fourth-order valence-electron chi connectivity index (χ4n) is 3.87. The number of hydrogen-bond donors (Lipinski definition) is 3. The predicted octanol–water partition coefficient (Wildman–Crippen LogP) is 1.16. The Balaban J connectivity index is 1.67. The van der Waals surface area contributed by atoms with Crippen LogP contribution in [0.15, 0.2) is 18.2 Å². The molecule has 1 fully saturated rings. The number of nitrogens with two attached hydrogens (primary N) is 1. The van der Waals surface area contributed by atoms with E-state index in [4.69, 9.17) is 5.73 Å². The number of carbonyl (C=O) groups is 3. The number of piperidine rings is 1. The lowest BCUT2D eigenvalue weighted by atomic mass is 9.91. The third kappa shape index (κ3) is 4.10. The summed E-state index contributed by atoms with van der Waals surface area (Å²) in [6.45, 7) is 8.22. The number of imide groups is 1. The molecule has 3 rings (SSSR count). The molecule has 0 spiro atoms. The minimum absolute atomic E-state index is 0.0679. The average molecular weight is 386 g/mol. The molecule has 2 heterocycles. The van der Waals surface area contributed by atoms with E-state index in [1.807, 2.05) is 12.1 Å². The van der Waals surface area contributed by atoms with Gasteiger partial charge in [0.1, 0.15) is 6.04 Å². The Morgan fingerprint density at radius 3 is 2.68 bits per heavy atom. The summed E-state index contributed by atoms with van der Waals surface area (Å²) in [4.78, 5) is 38.0. The minimum Gasteiger partial charge on any atom is -0.326 e. The normalized spacial score (nSPS) is 21.7. The first-order valence-electron chi connectivity index (χ1n) is 10.0. The van der Waals surface area contributed by atoms with Crippen LogP contribution in [-0.2, 0) is 22.7 Å². The van der Waals surface area contributed by atoms with E-state index in [2.05, 4.69) is 31.4 Å². The van der Waals surface area contributed by atoms with Crippen molar-refractivity contribution in [2.45, 2.75) is 58.8 Å². The number of rotatable bonds is 7. The van der Waals surface area contributed by atoms with Gasteiger partial charge in [0.15, 0.2) is 0 Å². The van der Waals surface area contributed by atoms with Gasteiger partial charge in [-0.3, -0.25) is 19.7 Å². The molecule has 0 aliphatic carbocycles. The molecule has 0 saturated carbocycles. The molecular formula is C21H30N4O3. The molecule has 4 N–H and O–H groups in total. The van der Waals surface area contributed by atoms with E-state index in [-0.39, 0.29) is 30.2 Å². The van der Waals surface area contributed by atoms with Crippen molar-refractivity contribution in [2.75, 3.05) is 6.54 Å². The Morgan fingerprint density at radius 2 is 2.00 bits per heavy atom. The second kappa shape index (κ2) is 8.41. The summed E-state index contributed by atoms with van der Waals surface area (Å²) >= 11 is 0. The topological polar surface area (TPSA) is 105 Å². The van der Waals surface area contributed by atoms with Crippen LogP contribution in [0, 0.1) is 11.8 Å². The van der Waals surface area contributed by atoms with E-state index in [0.717, 1.165) is 11.1 Å². The molecule has 3 atom stereocenters. The number of fused-ring (bicyclic) bond motifs is 1. The summed E-state index contributed by atoms with van der Waals surface area (Å²) in [5.41, 5.74) is 8.91. The quantitative estimate of drug-likeness (QED) is 0.610. The monoisotopic (exact) mass is 386 g/mol. The minimum atomic E-state index is -0.585. The summed E-state index contributed by atoms with van der Waals surface area (Å²) in [5.74, 6) is 0.139. The number of carbonyl (C=O) groups excluding carboxylic acids is 3. The third-order valence-electron chi connectivity index (χ3n) is 6.10. The summed E-state index contributed by atoms with van der Waals surface area (Å²) in [7, 11) is 0. The Morgan fingerprint density at radius 1 is 1.25 bits per heavy atom. The van der Waals surface area contributed by atoms with E-state index in [1.165, 1.54) is 0 Å². The fourth-order valence-corrected chi connectivity index (χ4v) is 3.87. The number of benzene rings is 1. The van der Waals surface area contributed by atoms with Gasteiger partial charge in [-0.1, -0.05) is 32.9 Å². The molecule has 0 aromatic heterocycles. The lowest BCUT2D eigenvalue weighted by Gasteiger charge is -2.29. The van der Waals surface area contributed by atoms with Crippen molar-refractivity contribution in [1.82, 2.24) is 15.5 Å². The van der Waals surface area contributed by atoms with Gasteiger partial charge in [0.05, 0.1) is 0 Å². The van der Waals surface area contributed by atoms with Crippen molar-refractivity contribution in [3.63, 3.8) is 0 Å². The fraction of sp³-hybridized carbons (Fsp3) is 0.571. The van der Waals surface area contributed by atoms with Crippen molar-refractivity contribution in [3.05, 3.63) is 34.9 Å². The summed E-state index contributed by atoms with van der Waals surface area (Å²) in [6, 6.07) is 5.17.